The van der Waals surface area contributed by atoms with Gasteiger partial charge in [0.05, 0.1) is 21.7 Å². The first kappa shape index (κ1) is 26.0. The Morgan fingerprint density at radius 1 is 1.11 bits per heavy atom. The summed E-state index contributed by atoms with van der Waals surface area (Å²) in [6.45, 7) is 2.74. The molecule has 1 aromatic heterocycles. The summed E-state index contributed by atoms with van der Waals surface area (Å²) < 4.78 is 23.7. The van der Waals surface area contributed by atoms with Gasteiger partial charge in [-0.1, -0.05) is 66.7 Å². The molecule has 37 heavy (non-hydrogen) atoms. The Labute approximate surface area is 218 Å². The summed E-state index contributed by atoms with van der Waals surface area (Å²) in [5.41, 5.74) is 4.88. The summed E-state index contributed by atoms with van der Waals surface area (Å²) in [5, 5.41) is 12.5. The van der Waals surface area contributed by atoms with Gasteiger partial charge in [0.1, 0.15) is 12.4 Å². The van der Waals surface area contributed by atoms with E-state index in [-0.39, 0.29) is 5.82 Å². The van der Waals surface area contributed by atoms with Crippen LogP contribution in [0.5, 0.6) is 0 Å². The minimum atomic E-state index is -0.786. The van der Waals surface area contributed by atoms with Gasteiger partial charge in [-0.3, -0.25) is 9.59 Å². The number of carbonyl (C=O) groups excluding carboxylic acids is 1. The van der Waals surface area contributed by atoms with Crippen molar-refractivity contribution in [2.24, 2.45) is 0 Å². The second-order valence-corrected chi connectivity index (χ2v) is 9.55. The molecule has 5 rings (SSSR count). The number of carbonyl (C=O) groups is 2. The number of carboxylic acids is 1. The van der Waals surface area contributed by atoms with Crippen LogP contribution in [0.25, 0.3) is 21.6 Å². The van der Waals surface area contributed by atoms with E-state index in [0.717, 1.165) is 38.5 Å². The first-order chi connectivity index (χ1) is 17.9. The summed E-state index contributed by atoms with van der Waals surface area (Å²) in [6, 6.07) is 21.9. The van der Waals surface area contributed by atoms with Crippen LogP contribution in [0.3, 0.4) is 0 Å². The zero-order valence-corrected chi connectivity index (χ0v) is 21.3. The molecule has 0 amide bonds. The first-order valence-corrected chi connectivity index (χ1v) is 12.5. The number of halogens is 1. The number of ether oxygens (including phenoxy) is 1. The van der Waals surface area contributed by atoms with E-state index in [4.69, 9.17) is 0 Å². The van der Waals surface area contributed by atoms with Gasteiger partial charge < -0.3 is 15.2 Å². The summed E-state index contributed by atoms with van der Waals surface area (Å²) in [6.07, 6.45) is 1.32. The van der Waals surface area contributed by atoms with Crippen LogP contribution in [0.1, 0.15) is 29.7 Å². The molecule has 1 saturated carbocycles. The topological polar surface area (TPSA) is 88.5 Å². The van der Waals surface area contributed by atoms with E-state index in [1.165, 1.54) is 17.6 Å². The normalized spacial score (nSPS) is 13.2. The number of benzene rings is 3. The quantitative estimate of drug-likeness (QED) is 0.261. The lowest BCUT2D eigenvalue weighted by atomic mass is 9.93. The molecule has 0 bridgehead atoms. The van der Waals surface area contributed by atoms with Gasteiger partial charge in [-0.25, -0.2) is 4.39 Å². The molecule has 0 radical (unpaired) electrons. The highest BCUT2D eigenvalue weighted by atomic mass is 32.1. The van der Waals surface area contributed by atoms with Crippen LogP contribution in [-0.4, -0.2) is 29.0 Å². The highest BCUT2D eigenvalue weighted by Crippen LogP contribution is 2.48. The van der Waals surface area contributed by atoms with Crippen molar-refractivity contribution >= 4 is 29.7 Å². The van der Waals surface area contributed by atoms with E-state index in [1.807, 2.05) is 50.4 Å². The van der Waals surface area contributed by atoms with Crippen molar-refractivity contribution in [1.82, 2.24) is 4.37 Å². The molecule has 0 saturated heterocycles. The number of aliphatic carboxylic acids is 1. The number of nitrogens with one attached hydrogen (secondary N) is 1. The van der Waals surface area contributed by atoms with Crippen LogP contribution in [0, 0.1) is 12.7 Å². The summed E-state index contributed by atoms with van der Waals surface area (Å²) >= 11 is 1.34. The molecule has 0 aliphatic heterocycles. The van der Waals surface area contributed by atoms with Gasteiger partial charge in [0.15, 0.2) is 0 Å². The Balaban J connectivity index is 0.000000270. The van der Waals surface area contributed by atoms with Crippen LogP contribution >= 0.6 is 11.5 Å². The Bertz CT molecular complexity index is 1380. The van der Waals surface area contributed by atoms with Gasteiger partial charge in [0, 0.05) is 12.6 Å². The predicted molar refractivity (Wildman–Crippen MR) is 143 cm³/mol. The minimum absolute atomic E-state index is 0.312. The average Bonchev–Trinajstić information content (AvgIpc) is 3.65. The van der Waals surface area contributed by atoms with Crippen molar-refractivity contribution in [3.05, 3.63) is 95.4 Å². The highest BCUT2D eigenvalue weighted by molar-refractivity contribution is 7.10. The van der Waals surface area contributed by atoms with Gasteiger partial charge in [-0.2, -0.15) is 4.37 Å². The van der Waals surface area contributed by atoms with Gasteiger partial charge in [0.25, 0.3) is 6.47 Å². The molecule has 8 heteroatoms. The first-order valence-electron chi connectivity index (χ1n) is 11.8. The van der Waals surface area contributed by atoms with Crippen LogP contribution in [0.15, 0.2) is 72.8 Å². The molecule has 1 fully saturated rings. The molecule has 4 aromatic rings. The number of anilines is 1. The SMILES string of the molecule is CNc1c(C)nsc1-c1ccc(-c2ccc(C3(C(=O)O)CC3)cc2)c(F)c1.O=COCc1ccccc1. The van der Waals surface area contributed by atoms with Gasteiger partial charge in [0.2, 0.25) is 0 Å². The Morgan fingerprint density at radius 2 is 1.78 bits per heavy atom. The fraction of sp³-hybridized carbons (Fsp3) is 0.207. The van der Waals surface area contributed by atoms with E-state index in [2.05, 4.69) is 14.4 Å². The van der Waals surface area contributed by atoms with E-state index in [9.17, 15) is 19.1 Å². The van der Waals surface area contributed by atoms with Crippen LogP contribution < -0.4 is 5.32 Å². The second-order valence-electron chi connectivity index (χ2n) is 8.77. The maximum atomic E-state index is 14.8. The number of hydrogen-bond donors (Lipinski definition) is 2. The number of aryl methyl sites for hydroxylation is 1. The Kier molecular flexibility index (Phi) is 7.98. The summed E-state index contributed by atoms with van der Waals surface area (Å²) in [7, 11) is 1.83. The molecular weight excluding hydrogens is 491 g/mol. The third-order valence-corrected chi connectivity index (χ3v) is 7.40. The second kappa shape index (κ2) is 11.3. The highest BCUT2D eigenvalue weighted by Gasteiger charge is 2.51. The maximum absolute atomic E-state index is 14.8. The standard InChI is InChI=1S/C21H19FN2O2S.C8H8O2/c1-12-18(23-2)19(27-24-12)14-5-8-16(17(22)11-14)13-3-6-15(7-4-13)21(9-10-21)20(25)26;9-7-10-6-8-4-2-1-3-5-8/h3-8,11,23H,9-10H2,1-2H3,(H,25,26);1-5,7H,6H2. The van der Waals surface area contributed by atoms with Crippen molar-refractivity contribution in [3.63, 3.8) is 0 Å². The zero-order chi connectivity index (χ0) is 26.4. The van der Waals surface area contributed by atoms with Crippen LogP contribution in [0.4, 0.5) is 10.1 Å². The molecular formula is C29H27FN2O4S. The maximum Gasteiger partial charge on any atom is 0.314 e. The number of rotatable bonds is 8. The third-order valence-electron chi connectivity index (χ3n) is 6.41. The largest absolute Gasteiger partial charge is 0.481 e. The van der Waals surface area contributed by atoms with Crippen molar-refractivity contribution in [2.75, 3.05) is 12.4 Å². The molecule has 0 spiro atoms. The minimum Gasteiger partial charge on any atom is -0.481 e. The summed E-state index contributed by atoms with van der Waals surface area (Å²) in [5.74, 6) is -1.10. The number of aromatic nitrogens is 1. The average molecular weight is 519 g/mol. The molecule has 1 heterocycles. The number of carboxylic acid groups (broad SMARTS) is 1. The molecule has 1 aliphatic rings. The lowest BCUT2D eigenvalue weighted by molar-refractivity contribution is -0.140. The lowest BCUT2D eigenvalue weighted by Crippen LogP contribution is -2.19. The van der Waals surface area contributed by atoms with Crippen molar-refractivity contribution < 1.29 is 23.8 Å². The van der Waals surface area contributed by atoms with E-state index in [0.29, 0.717) is 31.5 Å². The number of hydrogen-bond acceptors (Lipinski definition) is 6. The predicted octanol–water partition coefficient (Wildman–Crippen LogP) is 6.44. The van der Waals surface area contributed by atoms with Gasteiger partial charge in [-0.05, 0) is 59.6 Å². The third kappa shape index (κ3) is 5.70. The van der Waals surface area contributed by atoms with Gasteiger partial charge in [-0.15, -0.1) is 0 Å². The van der Waals surface area contributed by atoms with Gasteiger partial charge >= 0.3 is 5.97 Å². The smallest absolute Gasteiger partial charge is 0.314 e. The van der Waals surface area contributed by atoms with Crippen molar-refractivity contribution in [2.45, 2.75) is 31.8 Å². The molecule has 190 valence electrons. The molecule has 0 atom stereocenters. The van der Waals surface area contributed by atoms with E-state index < -0.39 is 11.4 Å². The monoisotopic (exact) mass is 518 g/mol. The molecule has 3 aromatic carbocycles. The van der Waals surface area contributed by atoms with Crippen molar-refractivity contribution in [1.29, 1.82) is 0 Å². The van der Waals surface area contributed by atoms with E-state index in [1.54, 1.807) is 30.3 Å². The van der Waals surface area contributed by atoms with Crippen LogP contribution in [0.2, 0.25) is 0 Å². The molecule has 1 aliphatic carbocycles. The van der Waals surface area contributed by atoms with Crippen molar-refractivity contribution in [3.8, 4) is 21.6 Å². The molecule has 6 nitrogen and oxygen atoms in total. The zero-order valence-electron chi connectivity index (χ0n) is 20.5. The fourth-order valence-electron chi connectivity index (χ4n) is 4.18. The van der Waals surface area contributed by atoms with E-state index >= 15 is 0 Å². The number of nitrogens with zero attached hydrogens (tertiary/aromatic N) is 1. The molecule has 2 N–H and O–H groups in total. The summed E-state index contributed by atoms with van der Waals surface area (Å²) in [4.78, 5) is 22.1. The Morgan fingerprint density at radius 3 is 2.35 bits per heavy atom. The molecule has 0 unspecified atom stereocenters. The fourth-order valence-corrected chi connectivity index (χ4v) is 5.07. The lowest BCUT2D eigenvalue weighted by Gasteiger charge is -2.12. The Hall–Kier alpha value is -4.04. The van der Waals surface area contributed by atoms with Crippen LogP contribution in [-0.2, 0) is 26.3 Å².